The summed E-state index contributed by atoms with van der Waals surface area (Å²) in [5.74, 6) is 0. The fourth-order valence-electron chi connectivity index (χ4n) is 7.55. The average Bonchev–Trinajstić information content (AvgIpc) is 3.71. The Morgan fingerprint density at radius 1 is 0.722 bits per heavy atom. The summed E-state index contributed by atoms with van der Waals surface area (Å²) >= 11 is 0. The number of para-hydroxylation sites is 1. The van der Waals surface area contributed by atoms with E-state index < -0.39 is 0 Å². The molecule has 1 unspecified atom stereocenters. The molecule has 0 saturated heterocycles. The van der Waals surface area contributed by atoms with E-state index in [0.717, 1.165) is 34.5 Å². The highest BCUT2D eigenvalue weighted by atomic mass is 15.0. The van der Waals surface area contributed by atoms with Crippen molar-refractivity contribution in [3.05, 3.63) is 193 Å². The second-order valence-corrected chi connectivity index (χ2v) is 13.4. The van der Waals surface area contributed by atoms with Gasteiger partial charge in [-0.3, -0.25) is 0 Å². The van der Waals surface area contributed by atoms with Crippen molar-refractivity contribution >= 4 is 55.9 Å². The van der Waals surface area contributed by atoms with Crippen LogP contribution >= 0.6 is 0 Å². The number of aromatic nitrogens is 2. The largest absolute Gasteiger partial charge is 0.374 e. The normalized spacial score (nSPS) is 14.5. The van der Waals surface area contributed by atoms with Crippen LogP contribution in [0.3, 0.4) is 0 Å². The Morgan fingerprint density at radius 2 is 1.41 bits per heavy atom. The molecule has 1 N–H and O–H groups in total. The number of dihydropyridines is 1. The number of rotatable bonds is 9. The molecule has 0 fully saturated rings. The summed E-state index contributed by atoms with van der Waals surface area (Å²) in [4.78, 5) is 0. The van der Waals surface area contributed by atoms with E-state index in [1.165, 1.54) is 55.2 Å². The Bertz CT molecular complexity index is 2600. The fourth-order valence-corrected chi connectivity index (χ4v) is 7.55. The lowest BCUT2D eigenvalue weighted by molar-refractivity contribution is 0.761. The maximum absolute atomic E-state index is 4.47. The third-order valence-corrected chi connectivity index (χ3v) is 10.1. The topological polar surface area (TPSA) is 21.9 Å². The Hall–Kier alpha value is -6.32. The summed E-state index contributed by atoms with van der Waals surface area (Å²) in [5.41, 5.74) is 13.9. The molecule has 0 saturated carbocycles. The van der Waals surface area contributed by atoms with Gasteiger partial charge in [0.25, 0.3) is 0 Å². The first kappa shape index (κ1) is 36.1. The van der Waals surface area contributed by atoms with Crippen molar-refractivity contribution in [1.82, 2.24) is 14.5 Å². The maximum Gasteiger partial charge on any atom is 0.0721 e. The summed E-state index contributed by atoms with van der Waals surface area (Å²) in [6.07, 6.45) is 18.4. The summed E-state index contributed by atoms with van der Waals surface area (Å²) < 4.78 is 4.73. The van der Waals surface area contributed by atoms with Gasteiger partial charge in [-0.2, -0.15) is 0 Å². The first-order chi connectivity index (χ1) is 26.6. The van der Waals surface area contributed by atoms with Crippen molar-refractivity contribution in [2.24, 2.45) is 0 Å². The molecule has 0 amide bonds. The second kappa shape index (κ2) is 16.1. The minimum atomic E-state index is 0.0255. The third-order valence-electron chi connectivity index (χ3n) is 10.1. The van der Waals surface area contributed by atoms with Gasteiger partial charge in [0.15, 0.2) is 0 Å². The van der Waals surface area contributed by atoms with Crippen LogP contribution in [-0.2, 0) is 0 Å². The minimum absolute atomic E-state index is 0.0255. The number of aryl methyl sites for hydroxylation is 1. The molecular formula is C51H49N3. The number of allylic oxidation sites excluding steroid dienone is 8. The van der Waals surface area contributed by atoms with Crippen molar-refractivity contribution in [3.8, 4) is 11.1 Å². The van der Waals surface area contributed by atoms with Crippen LogP contribution in [0.25, 0.3) is 67.0 Å². The van der Waals surface area contributed by atoms with Crippen LogP contribution in [-0.4, -0.2) is 9.13 Å². The van der Waals surface area contributed by atoms with E-state index in [1.54, 1.807) is 0 Å². The molecule has 0 spiro atoms. The molecule has 1 aliphatic heterocycles. The number of benzene rings is 5. The van der Waals surface area contributed by atoms with Gasteiger partial charge in [-0.05, 0) is 96.7 Å². The van der Waals surface area contributed by atoms with Crippen molar-refractivity contribution in [2.75, 3.05) is 0 Å². The first-order valence-electron chi connectivity index (χ1n) is 19.2. The third kappa shape index (κ3) is 6.81. The standard InChI is InChI=1S/C49H43N3.C2H6/c1-5-7-11-18-34(3)51-47-25-17-16-23-41(47)42-28-26-39(31-49(42)51)38-27-29-48-43(30-38)35(4)46(24-8-6-2)52(48)40-32-44(36-19-12-9-13-20-36)50-45(33-40)37-21-14-10-15-22-37;1-2/h5,7-33,44,50H,3,6H2,1-2,4H3;1-2H3/b7-5-,18-11-,24-8-;. The van der Waals surface area contributed by atoms with Crippen molar-refractivity contribution in [2.45, 2.75) is 47.1 Å². The van der Waals surface area contributed by atoms with E-state index in [4.69, 9.17) is 0 Å². The van der Waals surface area contributed by atoms with Gasteiger partial charge in [0.1, 0.15) is 0 Å². The van der Waals surface area contributed by atoms with Gasteiger partial charge < -0.3 is 14.5 Å². The molecule has 0 bridgehead atoms. The first-order valence-corrected chi connectivity index (χ1v) is 19.2. The van der Waals surface area contributed by atoms with E-state index in [0.29, 0.717) is 0 Å². The molecule has 3 heteroatoms. The Labute approximate surface area is 320 Å². The Balaban J connectivity index is 0.00000221. The zero-order valence-electron chi connectivity index (χ0n) is 32.1. The second-order valence-electron chi connectivity index (χ2n) is 13.4. The summed E-state index contributed by atoms with van der Waals surface area (Å²) in [6.45, 7) is 15.0. The van der Waals surface area contributed by atoms with Crippen LogP contribution in [0.15, 0.2) is 170 Å². The maximum atomic E-state index is 4.47. The number of fused-ring (bicyclic) bond motifs is 4. The highest BCUT2D eigenvalue weighted by molar-refractivity contribution is 6.11. The SMILES string of the molecule is C=C(/C=C\C=C/C)n1c2ccccc2c2ccc(-c3ccc4c(c3)c(C)c(/C=C\CC)n4C3=CC(c4ccccc4)NC(c4ccccc4)=C3)cc21.CC. The lowest BCUT2D eigenvalue weighted by Crippen LogP contribution is -2.23. The van der Waals surface area contributed by atoms with Crippen molar-refractivity contribution in [3.63, 3.8) is 0 Å². The van der Waals surface area contributed by atoms with Crippen molar-refractivity contribution < 1.29 is 0 Å². The fraction of sp³-hybridized carbons (Fsp3) is 0.137. The van der Waals surface area contributed by atoms with Gasteiger partial charge in [-0.15, -0.1) is 0 Å². The average molecular weight is 704 g/mol. The molecule has 3 nitrogen and oxygen atoms in total. The predicted molar refractivity (Wildman–Crippen MR) is 236 cm³/mol. The zero-order valence-corrected chi connectivity index (χ0v) is 32.1. The molecule has 0 radical (unpaired) electrons. The Kier molecular flexibility index (Phi) is 10.8. The molecule has 1 aliphatic rings. The summed E-state index contributed by atoms with van der Waals surface area (Å²) in [5, 5.41) is 7.52. The van der Waals surface area contributed by atoms with Crippen LogP contribution in [0.2, 0.25) is 0 Å². The molecular weight excluding hydrogens is 655 g/mol. The van der Waals surface area contributed by atoms with E-state index in [1.807, 2.05) is 32.9 Å². The highest BCUT2D eigenvalue weighted by Gasteiger charge is 2.22. The van der Waals surface area contributed by atoms with E-state index >= 15 is 0 Å². The van der Waals surface area contributed by atoms with Crippen molar-refractivity contribution in [1.29, 1.82) is 0 Å². The molecule has 8 rings (SSSR count). The van der Waals surface area contributed by atoms with Crippen LogP contribution in [0.4, 0.5) is 0 Å². The van der Waals surface area contributed by atoms with Crippen LogP contribution in [0, 0.1) is 6.92 Å². The summed E-state index contributed by atoms with van der Waals surface area (Å²) in [6, 6.07) is 43.8. The molecule has 0 aliphatic carbocycles. The van der Waals surface area contributed by atoms with E-state index in [2.05, 4.69) is 193 Å². The molecule has 1 atom stereocenters. The molecule has 3 heterocycles. The van der Waals surface area contributed by atoms with E-state index in [-0.39, 0.29) is 6.04 Å². The van der Waals surface area contributed by atoms with Gasteiger partial charge in [0.2, 0.25) is 0 Å². The van der Waals surface area contributed by atoms with Crippen LogP contribution < -0.4 is 5.32 Å². The number of hydrogen-bond donors (Lipinski definition) is 1. The quantitative estimate of drug-likeness (QED) is 0.149. The molecule has 54 heavy (non-hydrogen) atoms. The van der Waals surface area contributed by atoms with Crippen LogP contribution in [0.1, 0.15) is 62.5 Å². The minimum Gasteiger partial charge on any atom is -0.374 e. The summed E-state index contributed by atoms with van der Waals surface area (Å²) in [7, 11) is 0. The smallest absolute Gasteiger partial charge is 0.0721 e. The lowest BCUT2D eigenvalue weighted by Gasteiger charge is -2.26. The van der Waals surface area contributed by atoms with Crippen LogP contribution in [0.5, 0.6) is 0 Å². The molecule has 7 aromatic rings. The van der Waals surface area contributed by atoms with Gasteiger partial charge in [-0.25, -0.2) is 0 Å². The molecule has 2 aromatic heterocycles. The predicted octanol–water partition coefficient (Wildman–Crippen LogP) is 14.0. The number of nitrogens with zero attached hydrogens (tertiary/aromatic N) is 2. The van der Waals surface area contributed by atoms with E-state index in [9.17, 15) is 0 Å². The monoisotopic (exact) mass is 703 g/mol. The molecule has 5 aromatic carbocycles. The van der Waals surface area contributed by atoms with Gasteiger partial charge in [0.05, 0.1) is 22.6 Å². The number of nitrogens with one attached hydrogen (secondary N) is 1. The van der Waals surface area contributed by atoms with Gasteiger partial charge in [0, 0.05) is 38.9 Å². The number of hydrogen-bond acceptors (Lipinski definition) is 1. The highest BCUT2D eigenvalue weighted by Crippen LogP contribution is 2.39. The van der Waals surface area contributed by atoms with Gasteiger partial charge in [-0.1, -0.05) is 149 Å². The lowest BCUT2D eigenvalue weighted by atomic mass is 9.99. The van der Waals surface area contributed by atoms with Gasteiger partial charge >= 0.3 is 0 Å². The zero-order chi connectivity index (χ0) is 37.6. The Morgan fingerprint density at radius 3 is 2.17 bits per heavy atom. The molecule has 268 valence electrons.